The van der Waals surface area contributed by atoms with Gasteiger partial charge in [0.05, 0.1) is 6.67 Å². The molecule has 5 nitrogen and oxygen atoms in total. The standard InChI is InChI=1S/C20H22ClN5S/c21-18-8-6-17(7-9-18)14-23-10-12-24(13-11-23)16-26-20(27)25(15-22-26)19-4-2-1-3-5-19/h1-9,15H,10-14,16H2. The molecule has 1 aliphatic rings. The van der Waals surface area contributed by atoms with E-state index in [-0.39, 0.29) is 0 Å². The average Bonchev–Trinajstić information content (AvgIpc) is 3.06. The van der Waals surface area contributed by atoms with Gasteiger partial charge in [-0.2, -0.15) is 5.10 Å². The second kappa shape index (κ2) is 8.35. The van der Waals surface area contributed by atoms with Crippen LogP contribution in [0.25, 0.3) is 5.69 Å². The van der Waals surface area contributed by atoms with E-state index in [4.69, 9.17) is 23.8 Å². The lowest BCUT2D eigenvalue weighted by Gasteiger charge is -2.34. The third-order valence-corrected chi connectivity index (χ3v) is 5.55. The van der Waals surface area contributed by atoms with Crippen molar-refractivity contribution in [1.29, 1.82) is 0 Å². The van der Waals surface area contributed by atoms with Gasteiger partial charge in [0.15, 0.2) is 0 Å². The Hall–Kier alpha value is -1.99. The number of aromatic nitrogens is 3. The highest BCUT2D eigenvalue weighted by atomic mass is 35.5. The van der Waals surface area contributed by atoms with Gasteiger partial charge in [0.1, 0.15) is 6.33 Å². The number of hydrogen-bond donors (Lipinski definition) is 0. The molecule has 0 radical (unpaired) electrons. The van der Waals surface area contributed by atoms with Crippen molar-refractivity contribution in [2.24, 2.45) is 0 Å². The number of rotatable bonds is 5. The summed E-state index contributed by atoms with van der Waals surface area (Å²) >= 11 is 11.6. The van der Waals surface area contributed by atoms with Crippen molar-refractivity contribution >= 4 is 23.8 Å². The summed E-state index contributed by atoms with van der Waals surface area (Å²) in [6, 6.07) is 18.2. The smallest absolute Gasteiger partial charge is 0.203 e. The molecule has 2 heterocycles. The lowest BCUT2D eigenvalue weighted by atomic mass is 10.2. The van der Waals surface area contributed by atoms with Crippen LogP contribution >= 0.6 is 23.8 Å². The predicted octanol–water partition coefficient (Wildman–Crippen LogP) is 3.83. The highest BCUT2D eigenvalue weighted by Crippen LogP contribution is 2.14. The molecule has 0 saturated carbocycles. The van der Waals surface area contributed by atoms with Crippen molar-refractivity contribution in [3.63, 3.8) is 0 Å². The molecule has 7 heteroatoms. The second-order valence-electron chi connectivity index (χ2n) is 6.78. The Morgan fingerprint density at radius 3 is 2.26 bits per heavy atom. The monoisotopic (exact) mass is 399 g/mol. The molecule has 0 spiro atoms. The number of piperazine rings is 1. The predicted molar refractivity (Wildman–Crippen MR) is 111 cm³/mol. The van der Waals surface area contributed by atoms with Crippen LogP contribution in [-0.4, -0.2) is 50.3 Å². The van der Waals surface area contributed by atoms with Crippen LogP contribution in [0.4, 0.5) is 0 Å². The molecule has 0 bridgehead atoms. The van der Waals surface area contributed by atoms with Crippen molar-refractivity contribution < 1.29 is 0 Å². The summed E-state index contributed by atoms with van der Waals surface area (Å²) in [6.45, 7) is 5.78. The first-order valence-corrected chi connectivity index (χ1v) is 9.87. The van der Waals surface area contributed by atoms with Crippen molar-refractivity contribution in [2.75, 3.05) is 26.2 Å². The van der Waals surface area contributed by atoms with Crippen LogP contribution in [0.15, 0.2) is 60.9 Å². The molecule has 1 aromatic heterocycles. The van der Waals surface area contributed by atoms with Gasteiger partial charge >= 0.3 is 0 Å². The van der Waals surface area contributed by atoms with Gasteiger partial charge in [-0.15, -0.1) is 0 Å². The number of benzene rings is 2. The van der Waals surface area contributed by atoms with Crippen LogP contribution in [0.2, 0.25) is 5.02 Å². The molecular formula is C20H22ClN5S. The Labute approximate surface area is 169 Å². The minimum atomic E-state index is 0.727. The van der Waals surface area contributed by atoms with Gasteiger partial charge in [0, 0.05) is 43.4 Å². The normalized spacial score (nSPS) is 15.9. The van der Waals surface area contributed by atoms with Crippen LogP contribution in [0.5, 0.6) is 0 Å². The van der Waals surface area contributed by atoms with Crippen molar-refractivity contribution in [2.45, 2.75) is 13.2 Å². The summed E-state index contributed by atoms with van der Waals surface area (Å²) in [7, 11) is 0. The van der Waals surface area contributed by atoms with Crippen LogP contribution in [0, 0.1) is 4.77 Å². The third kappa shape index (κ3) is 4.47. The summed E-state index contributed by atoms with van der Waals surface area (Å²) in [4.78, 5) is 4.87. The fraction of sp³-hybridized carbons (Fsp3) is 0.300. The summed E-state index contributed by atoms with van der Waals surface area (Å²) < 4.78 is 4.58. The Balaban J connectivity index is 1.34. The van der Waals surface area contributed by atoms with Crippen molar-refractivity contribution in [3.8, 4) is 5.69 Å². The number of para-hydroxylation sites is 1. The molecule has 3 aromatic rings. The fourth-order valence-electron chi connectivity index (χ4n) is 3.33. The quantitative estimate of drug-likeness (QED) is 0.610. The van der Waals surface area contributed by atoms with Crippen LogP contribution in [-0.2, 0) is 13.2 Å². The molecule has 0 unspecified atom stereocenters. The molecule has 1 fully saturated rings. The van der Waals surface area contributed by atoms with Gasteiger partial charge in [-0.3, -0.25) is 14.4 Å². The molecule has 27 heavy (non-hydrogen) atoms. The Morgan fingerprint density at radius 2 is 1.56 bits per heavy atom. The molecule has 140 valence electrons. The zero-order chi connectivity index (χ0) is 18.6. The third-order valence-electron chi connectivity index (χ3n) is 4.89. The first kappa shape index (κ1) is 18.4. The first-order chi connectivity index (χ1) is 13.2. The average molecular weight is 400 g/mol. The van der Waals surface area contributed by atoms with Gasteiger partial charge in [-0.25, -0.2) is 4.68 Å². The van der Waals surface area contributed by atoms with E-state index < -0.39 is 0 Å². The fourth-order valence-corrected chi connectivity index (χ4v) is 3.71. The lowest BCUT2D eigenvalue weighted by molar-refractivity contribution is 0.0981. The van der Waals surface area contributed by atoms with Gasteiger partial charge in [0.25, 0.3) is 0 Å². The molecule has 2 aromatic carbocycles. The molecule has 1 aliphatic heterocycles. The maximum Gasteiger partial charge on any atom is 0.203 e. The summed E-state index contributed by atoms with van der Waals surface area (Å²) in [5.74, 6) is 0. The zero-order valence-corrected chi connectivity index (χ0v) is 16.6. The molecule has 0 atom stereocenters. The van der Waals surface area contributed by atoms with E-state index in [9.17, 15) is 0 Å². The topological polar surface area (TPSA) is 29.2 Å². The Morgan fingerprint density at radius 1 is 0.889 bits per heavy atom. The first-order valence-electron chi connectivity index (χ1n) is 9.08. The zero-order valence-electron chi connectivity index (χ0n) is 15.0. The van der Waals surface area contributed by atoms with Crippen LogP contribution in [0.3, 0.4) is 0 Å². The van der Waals surface area contributed by atoms with E-state index in [0.717, 1.165) is 54.9 Å². The maximum absolute atomic E-state index is 5.97. The number of nitrogens with zero attached hydrogens (tertiary/aromatic N) is 5. The van der Waals surface area contributed by atoms with Crippen LogP contribution in [0.1, 0.15) is 5.56 Å². The SMILES string of the molecule is S=c1n(-c2ccccc2)cnn1CN1CCN(Cc2ccc(Cl)cc2)CC1. The van der Waals surface area contributed by atoms with Gasteiger partial charge < -0.3 is 0 Å². The minimum absolute atomic E-state index is 0.727. The molecular weight excluding hydrogens is 378 g/mol. The van der Waals surface area contributed by atoms with E-state index in [1.807, 2.05) is 51.7 Å². The summed E-state index contributed by atoms with van der Waals surface area (Å²) in [5.41, 5.74) is 2.35. The van der Waals surface area contributed by atoms with Gasteiger partial charge in [-0.05, 0) is 42.0 Å². The van der Waals surface area contributed by atoms with E-state index in [2.05, 4.69) is 27.0 Å². The van der Waals surface area contributed by atoms with E-state index in [1.54, 1.807) is 6.33 Å². The van der Waals surface area contributed by atoms with Crippen molar-refractivity contribution in [1.82, 2.24) is 24.1 Å². The number of hydrogen-bond acceptors (Lipinski definition) is 4. The van der Waals surface area contributed by atoms with Gasteiger partial charge in [0.2, 0.25) is 4.77 Å². The largest absolute Gasteiger partial charge is 0.297 e. The lowest BCUT2D eigenvalue weighted by Crippen LogP contribution is -2.46. The maximum atomic E-state index is 5.97. The molecule has 0 amide bonds. The van der Waals surface area contributed by atoms with Crippen molar-refractivity contribution in [3.05, 3.63) is 76.3 Å². The highest BCUT2D eigenvalue weighted by Gasteiger charge is 2.18. The van der Waals surface area contributed by atoms with E-state index in [1.165, 1.54) is 5.56 Å². The Kier molecular flexibility index (Phi) is 5.69. The van der Waals surface area contributed by atoms with E-state index >= 15 is 0 Å². The Bertz CT molecular complexity index is 927. The second-order valence-corrected chi connectivity index (χ2v) is 7.58. The highest BCUT2D eigenvalue weighted by molar-refractivity contribution is 7.71. The van der Waals surface area contributed by atoms with Gasteiger partial charge in [-0.1, -0.05) is 41.9 Å². The van der Waals surface area contributed by atoms with Crippen LogP contribution < -0.4 is 0 Å². The van der Waals surface area contributed by atoms with E-state index in [0.29, 0.717) is 0 Å². The molecule has 0 aliphatic carbocycles. The summed E-state index contributed by atoms with van der Waals surface area (Å²) in [6.07, 6.45) is 1.80. The molecule has 0 N–H and O–H groups in total. The summed E-state index contributed by atoms with van der Waals surface area (Å²) in [5, 5.41) is 5.28. The number of halogens is 1. The molecule has 1 saturated heterocycles. The molecule has 4 rings (SSSR count). The minimum Gasteiger partial charge on any atom is -0.297 e.